The van der Waals surface area contributed by atoms with Crippen LogP contribution in [-0.4, -0.2) is 24.5 Å². The van der Waals surface area contributed by atoms with Gasteiger partial charge in [-0.05, 0) is 36.7 Å². The van der Waals surface area contributed by atoms with Gasteiger partial charge in [-0.25, -0.2) is 4.39 Å². The molecule has 0 aromatic heterocycles. The molecule has 3 rings (SSSR count). The fourth-order valence-corrected chi connectivity index (χ4v) is 3.54. The van der Waals surface area contributed by atoms with E-state index >= 15 is 0 Å². The maximum Gasteiger partial charge on any atom is 0.127 e. The molecule has 2 aromatic carbocycles. The van der Waals surface area contributed by atoms with E-state index in [1.165, 1.54) is 11.1 Å². The Morgan fingerprint density at radius 1 is 1.00 bits per heavy atom. The Bertz CT molecular complexity index is 641. The summed E-state index contributed by atoms with van der Waals surface area (Å²) in [6.07, 6.45) is 0. The summed E-state index contributed by atoms with van der Waals surface area (Å²) < 4.78 is 14.3. The minimum Gasteiger partial charge on any atom is -0.329 e. The molecule has 0 spiro atoms. The van der Waals surface area contributed by atoms with E-state index in [4.69, 9.17) is 5.73 Å². The molecule has 0 saturated carbocycles. The fraction of sp³-hybridized carbons (Fsp3) is 0.333. The van der Waals surface area contributed by atoms with Crippen molar-refractivity contribution >= 4 is 0 Å². The molecule has 1 aliphatic rings. The van der Waals surface area contributed by atoms with E-state index in [1.807, 2.05) is 24.3 Å². The summed E-state index contributed by atoms with van der Waals surface area (Å²) in [4.78, 5) is 2.26. The Hall–Kier alpha value is -1.71. The summed E-state index contributed by atoms with van der Waals surface area (Å²) in [5.74, 6) is -0.0982. The summed E-state index contributed by atoms with van der Waals surface area (Å²) in [7, 11) is 2.08. The van der Waals surface area contributed by atoms with E-state index in [-0.39, 0.29) is 23.8 Å². The third kappa shape index (κ3) is 2.27. The van der Waals surface area contributed by atoms with Crippen LogP contribution in [0.2, 0.25) is 0 Å². The van der Waals surface area contributed by atoms with Crippen molar-refractivity contribution in [2.45, 2.75) is 24.9 Å². The van der Waals surface area contributed by atoms with Gasteiger partial charge in [-0.3, -0.25) is 4.90 Å². The molecule has 0 fully saturated rings. The van der Waals surface area contributed by atoms with E-state index in [0.717, 1.165) is 5.56 Å². The first-order chi connectivity index (χ1) is 10.1. The van der Waals surface area contributed by atoms with Crippen LogP contribution in [0.25, 0.3) is 0 Å². The molecule has 3 unspecified atom stereocenters. The van der Waals surface area contributed by atoms with Crippen LogP contribution in [0.4, 0.5) is 4.39 Å². The molecule has 1 aliphatic heterocycles. The van der Waals surface area contributed by atoms with Gasteiger partial charge in [-0.2, -0.15) is 0 Å². The lowest BCUT2D eigenvalue weighted by Crippen LogP contribution is -2.45. The molecule has 2 N–H and O–H groups in total. The van der Waals surface area contributed by atoms with Gasteiger partial charge in [-0.1, -0.05) is 42.5 Å². The highest BCUT2D eigenvalue weighted by Crippen LogP contribution is 2.42. The largest absolute Gasteiger partial charge is 0.329 e. The van der Waals surface area contributed by atoms with Crippen LogP contribution in [0.3, 0.4) is 0 Å². The van der Waals surface area contributed by atoms with Crippen molar-refractivity contribution in [3.63, 3.8) is 0 Å². The first kappa shape index (κ1) is 14.2. The molecular weight excluding hydrogens is 263 g/mol. The molecule has 0 radical (unpaired) electrons. The second-order valence-corrected chi connectivity index (χ2v) is 5.79. The van der Waals surface area contributed by atoms with Crippen molar-refractivity contribution in [1.82, 2.24) is 4.90 Å². The zero-order valence-electron chi connectivity index (χ0n) is 12.5. The highest BCUT2D eigenvalue weighted by molar-refractivity contribution is 5.44. The van der Waals surface area contributed by atoms with Crippen LogP contribution in [0.1, 0.15) is 35.6 Å². The lowest BCUT2D eigenvalue weighted by atomic mass is 9.77. The summed E-state index contributed by atoms with van der Waals surface area (Å²) >= 11 is 0. The van der Waals surface area contributed by atoms with Crippen molar-refractivity contribution in [2.24, 2.45) is 5.73 Å². The lowest BCUT2D eigenvalue weighted by Gasteiger charge is -2.44. The number of nitrogens with zero attached hydrogens (tertiary/aromatic N) is 1. The topological polar surface area (TPSA) is 29.3 Å². The van der Waals surface area contributed by atoms with Gasteiger partial charge in [0.15, 0.2) is 0 Å². The van der Waals surface area contributed by atoms with Crippen LogP contribution >= 0.6 is 0 Å². The van der Waals surface area contributed by atoms with Gasteiger partial charge < -0.3 is 5.73 Å². The third-order valence-corrected chi connectivity index (χ3v) is 4.77. The molecule has 0 aliphatic carbocycles. The number of nitrogens with two attached hydrogens (primary N) is 1. The summed E-state index contributed by atoms with van der Waals surface area (Å²) in [5, 5.41) is 0. The van der Waals surface area contributed by atoms with Gasteiger partial charge in [0.05, 0.1) is 0 Å². The maximum atomic E-state index is 14.3. The van der Waals surface area contributed by atoms with Crippen molar-refractivity contribution in [2.75, 3.05) is 13.6 Å². The number of benzene rings is 2. The lowest BCUT2D eigenvalue weighted by molar-refractivity contribution is 0.155. The van der Waals surface area contributed by atoms with Gasteiger partial charge in [0.25, 0.3) is 0 Å². The van der Waals surface area contributed by atoms with Crippen LogP contribution in [-0.2, 0) is 0 Å². The first-order valence-electron chi connectivity index (χ1n) is 7.40. The Kier molecular flexibility index (Phi) is 3.79. The molecule has 3 atom stereocenters. The molecule has 110 valence electrons. The van der Waals surface area contributed by atoms with Crippen LogP contribution in [0, 0.1) is 5.82 Å². The summed E-state index contributed by atoms with van der Waals surface area (Å²) in [6, 6.07) is 15.8. The van der Waals surface area contributed by atoms with Crippen molar-refractivity contribution in [3.05, 3.63) is 71.0 Å². The highest BCUT2D eigenvalue weighted by atomic mass is 19.1. The van der Waals surface area contributed by atoms with Crippen LogP contribution < -0.4 is 5.73 Å². The average Bonchev–Trinajstić information content (AvgIpc) is 2.50. The molecule has 21 heavy (non-hydrogen) atoms. The summed E-state index contributed by atoms with van der Waals surface area (Å²) in [5.41, 5.74) is 9.15. The zero-order chi connectivity index (χ0) is 15.0. The van der Waals surface area contributed by atoms with E-state index in [2.05, 4.69) is 31.0 Å². The fourth-order valence-electron chi connectivity index (χ4n) is 3.54. The van der Waals surface area contributed by atoms with Gasteiger partial charge in [0.1, 0.15) is 5.82 Å². The Labute approximate surface area is 125 Å². The predicted molar refractivity (Wildman–Crippen MR) is 83.7 cm³/mol. The summed E-state index contributed by atoms with van der Waals surface area (Å²) in [6.45, 7) is 2.72. The van der Waals surface area contributed by atoms with Crippen LogP contribution in [0.5, 0.6) is 0 Å². The average molecular weight is 284 g/mol. The predicted octanol–water partition coefficient (Wildman–Crippen LogP) is 3.29. The van der Waals surface area contributed by atoms with E-state index < -0.39 is 0 Å². The van der Waals surface area contributed by atoms with E-state index in [1.54, 1.807) is 12.1 Å². The van der Waals surface area contributed by atoms with Crippen molar-refractivity contribution in [3.8, 4) is 0 Å². The minimum atomic E-state index is -0.135. The molecule has 2 nitrogen and oxygen atoms in total. The number of hydrogen-bond donors (Lipinski definition) is 1. The van der Waals surface area contributed by atoms with Gasteiger partial charge in [-0.15, -0.1) is 0 Å². The Morgan fingerprint density at radius 2 is 1.57 bits per heavy atom. The second-order valence-electron chi connectivity index (χ2n) is 5.79. The third-order valence-electron chi connectivity index (χ3n) is 4.77. The molecule has 0 bridgehead atoms. The zero-order valence-corrected chi connectivity index (χ0v) is 12.5. The Morgan fingerprint density at radius 3 is 2.19 bits per heavy atom. The maximum absolute atomic E-state index is 14.3. The normalized spacial score (nSPS) is 25.6. The van der Waals surface area contributed by atoms with Crippen molar-refractivity contribution in [1.29, 1.82) is 0 Å². The van der Waals surface area contributed by atoms with Crippen molar-refractivity contribution < 1.29 is 4.39 Å². The molecule has 0 amide bonds. The standard InChI is InChI=1S/C18H21FN2/c1-12-18(15-9-5-6-10-16(15)19)14-8-4-3-7-13(14)17(11-20)21(12)2/h3-10,12,17-18H,11,20H2,1-2H3. The minimum absolute atomic E-state index is 0.0372. The molecule has 3 heteroatoms. The van der Waals surface area contributed by atoms with Gasteiger partial charge in [0.2, 0.25) is 0 Å². The van der Waals surface area contributed by atoms with E-state index in [0.29, 0.717) is 6.54 Å². The number of likely N-dealkylation sites (N-methyl/N-ethyl adjacent to an activating group) is 1. The molecule has 1 heterocycles. The number of halogens is 1. The number of fused-ring (bicyclic) bond motifs is 1. The smallest absolute Gasteiger partial charge is 0.127 e. The van der Waals surface area contributed by atoms with Gasteiger partial charge >= 0.3 is 0 Å². The first-order valence-corrected chi connectivity index (χ1v) is 7.40. The Balaban J connectivity index is 2.19. The molecule has 2 aromatic rings. The quantitative estimate of drug-likeness (QED) is 0.917. The number of hydrogen-bond acceptors (Lipinski definition) is 2. The SMILES string of the molecule is CC1C(c2ccccc2F)c2ccccc2C(CN)N1C. The monoisotopic (exact) mass is 284 g/mol. The van der Waals surface area contributed by atoms with Crippen LogP contribution in [0.15, 0.2) is 48.5 Å². The molecular formula is C18H21FN2. The second kappa shape index (κ2) is 5.58. The van der Waals surface area contributed by atoms with Gasteiger partial charge in [0, 0.05) is 24.5 Å². The number of rotatable bonds is 2. The highest BCUT2D eigenvalue weighted by Gasteiger charge is 2.37. The molecule has 0 saturated heterocycles. The van der Waals surface area contributed by atoms with E-state index in [9.17, 15) is 4.39 Å².